The Morgan fingerprint density at radius 2 is 1.80 bits per heavy atom. The molecule has 1 aromatic rings. The van der Waals surface area contributed by atoms with Crippen LogP contribution in [0.3, 0.4) is 0 Å². The number of methoxy groups -OCH3 is 2. The molecule has 0 amide bonds. The zero-order chi connectivity index (χ0) is 11.4. The van der Waals surface area contributed by atoms with Gasteiger partial charge >= 0.3 is 0 Å². The average Bonchev–Trinajstić information content (AvgIpc) is 2.27. The van der Waals surface area contributed by atoms with Crippen LogP contribution >= 0.6 is 0 Å². The van der Waals surface area contributed by atoms with Crippen LogP contribution in [0.1, 0.15) is 23.7 Å². The Morgan fingerprint density at radius 3 is 2.27 bits per heavy atom. The van der Waals surface area contributed by atoms with Crippen LogP contribution in [0.15, 0.2) is 12.1 Å². The normalized spacial score (nSPS) is 9.80. The minimum atomic E-state index is -0.00606. The van der Waals surface area contributed by atoms with Crippen molar-refractivity contribution in [2.45, 2.75) is 13.3 Å². The molecule has 0 radical (unpaired) electrons. The summed E-state index contributed by atoms with van der Waals surface area (Å²) in [7, 11) is 3.05. The first-order valence-corrected chi connectivity index (χ1v) is 4.68. The van der Waals surface area contributed by atoms with E-state index in [0.717, 1.165) is 0 Å². The van der Waals surface area contributed by atoms with E-state index in [1.165, 1.54) is 14.2 Å². The quantitative estimate of drug-likeness (QED) is 0.607. The van der Waals surface area contributed by atoms with Gasteiger partial charge in [-0.1, -0.05) is 6.92 Å². The van der Waals surface area contributed by atoms with Gasteiger partial charge in [-0.3, -0.25) is 4.79 Å². The zero-order valence-electron chi connectivity index (χ0n) is 9.16. The highest BCUT2D eigenvalue weighted by Crippen LogP contribution is 2.32. The lowest BCUT2D eigenvalue weighted by Gasteiger charge is -2.11. The number of ketones is 1. The molecule has 0 aromatic heterocycles. The Morgan fingerprint density at radius 1 is 1.27 bits per heavy atom. The summed E-state index contributed by atoms with van der Waals surface area (Å²) in [5.41, 5.74) is 6.64. The first-order valence-electron chi connectivity index (χ1n) is 4.68. The molecule has 0 saturated heterocycles. The van der Waals surface area contributed by atoms with Gasteiger partial charge in [0.1, 0.15) is 0 Å². The van der Waals surface area contributed by atoms with Crippen LogP contribution in [-0.4, -0.2) is 20.0 Å². The zero-order valence-corrected chi connectivity index (χ0v) is 9.16. The fourth-order valence-corrected chi connectivity index (χ4v) is 1.33. The summed E-state index contributed by atoms with van der Waals surface area (Å²) in [6.45, 7) is 1.79. The van der Waals surface area contributed by atoms with Crippen LogP contribution in [0.5, 0.6) is 11.5 Å². The monoisotopic (exact) mass is 209 g/mol. The SMILES string of the molecule is CCC(=O)c1cc(OC)c(OC)cc1N. The minimum absolute atomic E-state index is 0.00606. The van der Waals surface area contributed by atoms with E-state index < -0.39 is 0 Å². The van der Waals surface area contributed by atoms with Crippen molar-refractivity contribution in [2.75, 3.05) is 20.0 Å². The second-order valence-corrected chi connectivity index (χ2v) is 3.07. The highest BCUT2D eigenvalue weighted by atomic mass is 16.5. The van der Waals surface area contributed by atoms with Crippen molar-refractivity contribution < 1.29 is 14.3 Å². The lowest BCUT2D eigenvalue weighted by molar-refractivity contribution is 0.0988. The Kier molecular flexibility index (Phi) is 3.55. The molecular formula is C11H15NO3. The molecule has 0 aliphatic carbocycles. The molecule has 1 rings (SSSR count). The summed E-state index contributed by atoms with van der Waals surface area (Å²) in [5.74, 6) is 1.04. The molecule has 1 aromatic carbocycles. The molecule has 15 heavy (non-hydrogen) atoms. The molecule has 4 nitrogen and oxygen atoms in total. The third-order valence-corrected chi connectivity index (χ3v) is 2.18. The van der Waals surface area contributed by atoms with Crippen molar-refractivity contribution in [1.82, 2.24) is 0 Å². The molecule has 0 fully saturated rings. The van der Waals surface area contributed by atoms with E-state index in [4.69, 9.17) is 15.2 Å². The van der Waals surface area contributed by atoms with E-state index in [2.05, 4.69) is 0 Å². The van der Waals surface area contributed by atoms with Crippen molar-refractivity contribution in [3.05, 3.63) is 17.7 Å². The molecule has 2 N–H and O–H groups in total. The van der Waals surface area contributed by atoms with Gasteiger partial charge in [-0.2, -0.15) is 0 Å². The summed E-state index contributed by atoms with van der Waals surface area (Å²) in [6.07, 6.45) is 0.416. The van der Waals surface area contributed by atoms with E-state index >= 15 is 0 Å². The molecule has 4 heteroatoms. The van der Waals surface area contributed by atoms with E-state index in [0.29, 0.717) is 29.2 Å². The Labute approximate surface area is 89.0 Å². The topological polar surface area (TPSA) is 61.5 Å². The Bertz CT molecular complexity index is 374. The fourth-order valence-electron chi connectivity index (χ4n) is 1.33. The summed E-state index contributed by atoms with van der Waals surface area (Å²) in [4.78, 5) is 11.5. The van der Waals surface area contributed by atoms with Crippen LogP contribution in [0, 0.1) is 0 Å². The van der Waals surface area contributed by atoms with Crippen molar-refractivity contribution in [1.29, 1.82) is 0 Å². The van der Waals surface area contributed by atoms with E-state index in [9.17, 15) is 4.79 Å². The van der Waals surface area contributed by atoms with Crippen LogP contribution in [0.25, 0.3) is 0 Å². The molecular weight excluding hydrogens is 194 g/mol. The molecule has 0 aliphatic heterocycles. The summed E-state index contributed by atoms with van der Waals surface area (Å²) < 4.78 is 10.2. The second kappa shape index (κ2) is 4.68. The van der Waals surface area contributed by atoms with Gasteiger partial charge in [0.05, 0.1) is 14.2 Å². The highest BCUT2D eigenvalue weighted by molar-refractivity contribution is 6.01. The number of nitrogens with two attached hydrogens (primary N) is 1. The Hall–Kier alpha value is -1.71. The number of benzene rings is 1. The first kappa shape index (κ1) is 11.4. The smallest absolute Gasteiger partial charge is 0.164 e. The first-order chi connectivity index (χ1) is 7.13. The van der Waals surface area contributed by atoms with Crippen molar-refractivity contribution in [2.24, 2.45) is 0 Å². The molecule has 0 spiro atoms. The predicted molar refractivity (Wildman–Crippen MR) is 58.6 cm³/mol. The lowest BCUT2D eigenvalue weighted by Crippen LogP contribution is -2.04. The van der Waals surface area contributed by atoms with Crippen LogP contribution in [0.4, 0.5) is 5.69 Å². The number of Topliss-reactive ketones (excluding diaryl/α,β-unsaturated/α-hetero) is 1. The van der Waals surface area contributed by atoms with Gasteiger partial charge in [-0.25, -0.2) is 0 Å². The molecule has 0 atom stereocenters. The van der Waals surface area contributed by atoms with Gasteiger partial charge in [0.25, 0.3) is 0 Å². The van der Waals surface area contributed by atoms with E-state index in [1.807, 2.05) is 0 Å². The fraction of sp³-hybridized carbons (Fsp3) is 0.364. The maximum Gasteiger partial charge on any atom is 0.164 e. The van der Waals surface area contributed by atoms with Gasteiger partial charge in [0.15, 0.2) is 17.3 Å². The maximum atomic E-state index is 11.5. The van der Waals surface area contributed by atoms with Gasteiger partial charge < -0.3 is 15.2 Å². The largest absolute Gasteiger partial charge is 0.493 e. The van der Waals surface area contributed by atoms with Crippen LogP contribution < -0.4 is 15.2 Å². The van der Waals surface area contributed by atoms with Gasteiger partial charge in [-0.05, 0) is 6.07 Å². The van der Waals surface area contributed by atoms with Crippen LogP contribution in [-0.2, 0) is 0 Å². The number of nitrogen functional groups attached to an aromatic ring is 1. The van der Waals surface area contributed by atoms with E-state index in [-0.39, 0.29) is 5.78 Å². The number of hydrogen-bond donors (Lipinski definition) is 1. The number of carbonyl (C=O) groups excluding carboxylic acids is 1. The molecule has 0 aliphatic rings. The van der Waals surface area contributed by atoms with Gasteiger partial charge in [-0.15, -0.1) is 0 Å². The molecule has 0 saturated carbocycles. The lowest BCUT2D eigenvalue weighted by atomic mass is 10.1. The standard InChI is InChI=1S/C11H15NO3/c1-4-9(13)7-5-10(14-2)11(15-3)6-8(7)12/h5-6H,4,12H2,1-3H3. The maximum absolute atomic E-state index is 11.5. The number of carbonyl (C=O) groups is 1. The second-order valence-electron chi connectivity index (χ2n) is 3.07. The minimum Gasteiger partial charge on any atom is -0.493 e. The third-order valence-electron chi connectivity index (χ3n) is 2.18. The van der Waals surface area contributed by atoms with E-state index in [1.54, 1.807) is 19.1 Å². The molecule has 82 valence electrons. The van der Waals surface area contributed by atoms with Gasteiger partial charge in [0.2, 0.25) is 0 Å². The third kappa shape index (κ3) is 2.21. The number of rotatable bonds is 4. The van der Waals surface area contributed by atoms with Crippen molar-refractivity contribution in [3.8, 4) is 11.5 Å². The highest BCUT2D eigenvalue weighted by Gasteiger charge is 2.13. The molecule has 0 heterocycles. The van der Waals surface area contributed by atoms with Gasteiger partial charge in [0, 0.05) is 23.7 Å². The predicted octanol–water partition coefficient (Wildman–Crippen LogP) is 1.88. The average molecular weight is 209 g/mol. The Balaban J connectivity index is 3.25. The van der Waals surface area contributed by atoms with Crippen molar-refractivity contribution >= 4 is 11.5 Å². The molecule has 0 bridgehead atoms. The van der Waals surface area contributed by atoms with Crippen LogP contribution in [0.2, 0.25) is 0 Å². The number of hydrogen-bond acceptors (Lipinski definition) is 4. The van der Waals surface area contributed by atoms with Crippen molar-refractivity contribution in [3.63, 3.8) is 0 Å². The molecule has 0 unspecified atom stereocenters. The summed E-state index contributed by atoms with van der Waals surface area (Å²) in [5, 5.41) is 0. The number of ether oxygens (including phenoxy) is 2. The number of anilines is 1. The summed E-state index contributed by atoms with van der Waals surface area (Å²) in [6, 6.07) is 3.21. The summed E-state index contributed by atoms with van der Waals surface area (Å²) >= 11 is 0.